The Bertz CT molecular complexity index is 877. The van der Waals surface area contributed by atoms with Gasteiger partial charge in [0, 0.05) is 10.9 Å². The molecule has 0 radical (unpaired) electrons. The van der Waals surface area contributed by atoms with Crippen LogP contribution in [0.25, 0.3) is 10.9 Å². The van der Waals surface area contributed by atoms with Crippen LogP contribution in [0.1, 0.15) is 20.9 Å². The fourth-order valence-electron chi connectivity index (χ4n) is 1.85. The molecule has 2 aromatic heterocycles. The maximum absolute atomic E-state index is 11.9. The number of amides is 1. The standard InChI is InChI=1S/C14H10ClN5OS/c1-8-12(22-20-18-8)14(21)19-16-7-10-6-9-4-2-3-5-11(9)17-13(10)15/h2-7H,1H3,(H,19,21)/b16-7+. The summed E-state index contributed by atoms with van der Waals surface area (Å²) in [5.74, 6) is -0.353. The number of aromatic nitrogens is 3. The second-order valence-corrected chi connectivity index (χ2v) is 5.56. The monoisotopic (exact) mass is 331 g/mol. The van der Waals surface area contributed by atoms with E-state index in [1.165, 1.54) is 6.21 Å². The van der Waals surface area contributed by atoms with E-state index in [0.29, 0.717) is 21.3 Å². The average Bonchev–Trinajstić information content (AvgIpc) is 2.94. The lowest BCUT2D eigenvalue weighted by molar-refractivity contribution is 0.0958. The number of rotatable bonds is 3. The Hall–Kier alpha value is -2.38. The van der Waals surface area contributed by atoms with Crippen molar-refractivity contribution in [2.45, 2.75) is 6.92 Å². The summed E-state index contributed by atoms with van der Waals surface area (Å²) in [6, 6.07) is 9.48. The Morgan fingerprint density at radius 1 is 1.41 bits per heavy atom. The van der Waals surface area contributed by atoms with E-state index in [4.69, 9.17) is 11.6 Å². The fraction of sp³-hybridized carbons (Fsp3) is 0.0714. The summed E-state index contributed by atoms with van der Waals surface area (Å²) in [5.41, 5.74) is 4.43. The van der Waals surface area contributed by atoms with Crippen LogP contribution in [-0.2, 0) is 0 Å². The maximum Gasteiger partial charge on any atom is 0.285 e. The highest BCUT2D eigenvalue weighted by atomic mass is 35.5. The fourth-order valence-corrected chi connectivity index (χ4v) is 2.59. The lowest BCUT2D eigenvalue weighted by atomic mass is 10.2. The minimum atomic E-state index is -0.353. The number of carbonyl (C=O) groups is 1. The van der Waals surface area contributed by atoms with Crippen LogP contribution in [0.3, 0.4) is 0 Å². The number of benzene rings is 1. The Morgan fingerprint density at radius 2 is 2.23 bits per heavy atom. The maximum atomic E-state index is 11.9. The van der Waals surface area contributed by atoms with Crippen molar-refractivity contribution < 1.29 is 4.79 Å². The van der Waals surface area contributed by atoms with E-state index in [9.17, 15) is 4.79 Å². The third-order valence-corrected chi connectivity index (χ3v) is 4.06. The van der Waals surface area contributed by atoms with E-state index in [1.54, 1.807) is 6.92 Å². The highest BCUT2D eigenvalue weighted by Crippen LogP contribution is 2.18. The molecule has 0 saturated carbocycles. The number of carbonyl (C=O) groups excluding carboxylic acids is 1. The van der Waals surface area contributed by atoms with Gasteiger partial charge in [0.2, 0.25) is 0 Å². The molecule has 6 nitrogen and oxygen atoms in total. The van der Waals surface area contributed by atoms with E-state index in [0.717, 1.165) is 22.4 Å². The molecular weight excluding hydrogens is 322 g/mol. The Labute approximate surface area is 135 Å². The third kappa shape index (κ3) is 2.95. The van der Waals surface area contributed by atoms with Crippen molar-refractivity contribution in [2.75, 3.05) is 0 Å². The minimum absolute atomic E-state index is 0.326. The predicted molar refractivity (Wildman–Crippen MR) is 86.5 cm³/mol. The first-order valence-electron chi connectivity index (χ1n) is 6.33. The molecule has 1 aromatic carbocycles. The number of hydrazone groups is 1. The molecule has 0 aliphatic rings. The number of halogens is 1. The smallest absolute Gasteiger partial charge is 0.266 e. The van der Waals surface area contributed by atoms with Crippen molar-refractivity contribution in [3.05, 3.63) is 51.6 Å². The summed E-state index contributed by atoms with van der Waals surface area (Å²) in [6.07, 6.45) is 1.46. The van der Waals surface area contributed by atoms with E-state index in [1.807, 2.05) is 30.3 Å². The van der Waals surface area contributed by atoms with Gasteiger partial charge >= 0.3 is 0 Å². The van der Waals surface area contributed by atoms with Gasteiger partial charge in [-0.2, -0.15) is 5.10 Å². The molecule has 0 unspecified atom stereocenters. The number of fused-ring (bicyclic) bond motifs is 1. The molecule has 0 spiro atoms. The van der Waals surface area contributed by atoms with Crippen LogP contribution in [-0.4, -0.2) is 26.7 Å². The molecule has 0 aliphatic carbocycles. The molecule has 0 bridgehead atoms. The summed E-state index contributed by atoms with van der Waals surface area (Å²) in [4.78, 5) is 16.6. The summed E-state index contributed by atoms with van der Waals surface area (Å²) in [7, 11) is 0. The summed E-state index contributed by atoms with van der Waals surface area (Å²) >= 11 is 7.13. The van der Waals surface area contributed by atoms with Crippen LogP contribution in [0.5, 0.6) is 0 Å². The van der Waals surface area contributed by atoms with Gasteiger partial charge in [-0.25, -0.2) is 10.4 Å². The van der Waals surface area contributed by atoms with E-state index in [-0.39, 0.29) is 5.91 Å². The van der Waals surface area contributed by atoms with Gasteiger partial charge in [0.05, 0.1) is 17.4 Å². The molecule has 0 aliphatic heterocycles. The van der Waals surface area contributed by atoms with Crippen molar-refractivity contribution in [3.8, 4) is 0 Å². The van der Waals surface area contributed by atoms with Crippen LogP contribution in [0.15, 0.2) is 35.4 Å². The average molecular weight is 332 g/mol. The molecule has 3 aromatic rings. The van der Waals surface area contributed by atoms with Crippen molar-refractivity contribution >= 4 is 46.2 Å². The van der Waals surface area contributed by atoms with Crippen molar-refractivity contribution in [3.63, 3.8) is 0 Å². The van der Waals surface area contributed by atoms with Crippen LogP contribution in [0, 0.1) is 6.92 Å². The second-order valence-electron chi connectivity index (χ2n) is 4.45. The van der Waals surface area contributed by atoms with Crippen LogP contribution >= 0.6 is 23.1 Å². The second kappa shape index (κ2) is 6.17. The molecular formula is C14H10ClN5OS. The molecule has 0 fully saturated rings. The molecule has 2 heterocycles. The highest BCUT2D eigenvalue weighted by Gasteiger charge is 2.12. The molecule has 0 atom stereocenters. The van der Waals surface area contributed by atoms with Gasteiger partial charge in [-0.1, -0.05) is 34.3 Å². The van der Waals surface area contributed by atoms with E-state index < -0.39 is 0 Å². The lowest BCUT2D eigenvalue weighted by Gasteiger charge is -2.01. The number of hydrogen-bond donors (Lipinski definition) is 1. The van der Waals surface area contributed by atoms with Gasteiger partial charge in [0.1, 0.15) is 10.0 Å². The zero-order valence-corrected chi connectivity index (χ0v) is 13.0. The SMILES string of the molecule is Cc1nnsc1C(=O)N/N=C/c1cc2ccccc2nc1Cl. The zero-order valence-electron chi connectivity index (χ0n) is 11.4. The summed E-state index contributed by atoms with van der Waals surface area (Å²) in [5, 5.41) is 8.96. The van der Waals surface area contributed by atoms with Gasteiger partial charge in [0.15, 0.2) is 0 Å². The van der Waals surface area contributed by atoms with E-state index in [2.05, 4.69) is 25.1 Å². The van der Waals surface area contributed by atoms with Gasteiger partial charge < -0.3 is 0 Å². The summed E-state index contributed by atoms with van der Waals surface area (Å²) < 4.78 is 3.71. The third-order valence-electron chi connectivity index (χ3n) is 2.93. The molecule has 0 saturated heterocycles. The van der Waals surface area contributed by atoms with Gasteiger partial charge in [-0.05, 0) is 30.6 Å². The zero-order chi connectivity index (χ0) is 15.5. The number of nitrogens with zero attached hydrogens (tertiary/aromatic N) is 4. The van der Waals surface area contributed by atoms with Crippen LogP contribution in [0.4, 0.5) is 0 Å². The van der Waals surface area contributed by atoms with Crippen LogP contribution < -0.4 is 5.43 Å². The Morgan fingerprint density at radius 3 is 3.00 bits per heavy atom. The largest absolute Gasteiger partial charge is 0.285 e. The summed E-state index contributed by atoms with van der Waals surface area (Å²) in [6.45, 7) is 1.71. The van der Waals surface area contributed by atoms with Crippen molar-refractivity contribution in [1.82, 2.24) is 20.0 Å². The molecule has 110 valence electrons. The Balaban J connectivity index is 1.79. The first-order chi connectivity index (χ1) is 10.6. The van der Waals surface area contributed by atoms with Crippen molar-refractivity contribution in [2.24, 2.45) is 5.10 Å². The highest BCUT2D eigenvalue weighted by molar-refractivity contribution is 7.07. The number of nitrogens with one attached hydrogen (secondary N) is 1. The Kier molecular flexibility index (Phi) is 4.08. The number of aryl methyl sites for hydroxylation is 1. The first-order valence-corrected chi connectivity index (χ1v) is 7.48. The lowest BCUT2D eigenvalue weighted by Crippen LogP contribution is -2.17. The molecule has 22 heavy (non-hydrogen) atoms. The first kappa shape index (κ1) is 14.6. The van der Waals surface area contributed by atoms with Crippen LogP contribution in [0.2, 0.25) is 5.15 Å². The topological polar surface area (TPSA) is 80.1 Å². The van der Waals surface area contributed by atoms with Gasteiger partial charge in [0.25, 0.3) is 5.91 Å². The van der Waals surface area contributed by atoms with Gasteiger partial charge in [-0.15, -0.1) is 5.10 Å². The van der Waals surface area contributed by atoms with Crippen molar-refractivity contribution in [1.29, 1.82) is 0 Å². The molecule has 1 amide bonds. The number of pyridine rings is 1. The molecule has 3 rings (SSSR count). The number of para-hydroxylation sites is 1. The molecule has 1 N–H and O–H groups in total. The van der Waals surface area contributed by atoms with Gasteiger partial charge in [-0.3, -0.25) is 4.79 Å². The van der Waals surface area contributed by atoms with E-state index >= 15 is 0 Å². The quantitative estimate of drug-likeness (QED) is 0.454. The molecule has 8 heteroatoms. The minimum Gasteiger partial charge on any atom is -0.266 e. The number of hydrogen-bond acceptors (Lipinski definition) is 6. The predicted octanol–water partition coefficient (Wildman–Crippen LogP) is 2.81. The normalized spacial score (nSPS) is 11.2.